The Bertz CT molecular complexity index is 441. The summed E-state index contributed by atoms with van der Waals surface area (Å²) in [6.45, 7) is 4.04. The van der Waals surface area contributed by atoms with Crippen molar-refractivity contribution >= 4 is 27.9 Å². The Kier molecular flexibility index (Phi) is 5.49. The van der Waals surface area contributed by atoms with Gasteiger partial charge in [-0.1, -0.05) is 40.7 Å². The normalized spacial score (nSPS) is 10.2. The van der Waals surface area contributed by atoms with Gasteiger partial charge in [-0.05, 0) is 12.1 Å². The lowest BCUT2D eigenvalue weighted by atomic mass is 10.2. The van der Waals surface area contributed by atoms with Crippen LogP contribution in [0.2, 0.25) is 0 Å². The molecule has 0 unspecified atom stereocenters. The van der Waals surface area contributed by atoms with Gasteiger partial charge in [-0.25, -0.2) is 0 Å². The fourth-order valence-corrected chi connectivity index (χ4v) is 1.35. The summed E-state index contributed by atoms with van der Waals surface area (Å²) >= 11 is 3.17. The molecule has 0 aromatic heterocycles. The number of nitrogens with one attached hydrogen (secondary N) is 1. The van der Waals surface area contributed by atoms with Crippen LogP contribution < -0.4 is 10.1 Å². The highest BCUT2D eigenvalue weighted by molar-refractivity contribution is 9.11. The van der Waals surface area contributed by atoms with E-state index in [1.807, 2.05) is 24.3 Å². The van der Waals surface area contributed by atoms with Gasteiger partial charge in [0.25, 0.3) is 0 Å². The number of hydrogen-bond donors (Lipinski definition) is 1. The van der Waals surface area contributed by atoms with Crippen LogP contribution in [0, 0.1) is 0 Å². The molecule has 0 aliphatic carbocycles. The first kappa shape index (κ1) is 13.5. The highest BCUT2D eigenvalue weighted by atomic mass is 79.9. The molecule has 17 heavy (non-hydrogen) atoms. The number of benzene rings is 1. The highest BCUT2D eigenvalue weighted by Crippen LogP contribution is 2.18. The lowest BCUT2D eigenvalue weighted by Crippen LogP contribution is -2.21. The summed E-state index contributed by atoms with van der Waals surface area (Å²) in [6.07, 6.45) is 3.18. The number of para-hydroxylation sites is 1. The molecule has 0 radical (unpaired) electrons. The fraction of sp³-hybridized carbons (Fsp3) is 0.154. The van der Waals surface area contributed by atoms with Crippen molar-refractivity contribution in [3.8, 4) is 5.75 Å². The van der Waals surface area contributed by atoms with Gasteiger partial charge in [0.05, 0.1) is 7.11 Å². The first-order valence-electron chi connectivity index (χ1n) is 5.05. The number of rotatable bonds is 5. The molecule has 0 aliphatic heterocycles. The number of methoxy groups -OCH3 is 1. The zero-order chi connectivity index (χ0) is 12.7. The van der Waals surface area contributed by atoms with Crippen molar-refractivity contribution in [3.63, 3.8) is 0 Å². The molecule has 1 amide bonds. The average molecular weight is 296 g/mol. The molecule has 1 aromatic carbocycles. The molecule has 90 valence electrons. The second-order valence-corrected chi connectivity index (χ2v) is 4.43. The number of carbonyl (C=O) groups is 1. The van der Waals surface area contributed by atoms with E-state index in [1.54, 1.807) is 13.2 Å². The minimum absolute atomic E-state index is 0.170. The van der Waals surface area contributed by atoms with E-state index in [2.05, 4.69) is 27.8 Å². The Balaban J connectivity index is 2.63. The van der Waals surface area contributed by atoms with Crippen LogP contribution in [0.25, 0.3) is 6.08 Å². The van der Waals surface area contributed by atoms with Gasteiger partial charge < -0.3 is 10.1 Å². The summed E-state index contributed by atoms with van der Waals surface area (Å²) in [5.41, 5.74) is 0.864. The molecular formula is C13H14BrNO2. The molecular weight excluding hydrogens is 282 g/mol. The summed E-state index contributed by atoms with van der Waals surface area (Å²) in [7, 11) is 1.60. The van der Waals surface area contributed by atoms with Crippen molar-refractivity contribution in [1.29, 1.82) is 0 Å². The number of halogens is 1. The molecule has 0 spiro atoms. The van der Waals surface area contributed by atoms with Crippen LogP contribution in [0.1, 0.15) is 5.56 Å². The van der Waals surface area contributed by atoms with Crippen LogP contribution in [0.3, 0.4) is 0 Å². The number of amides is 1. The van der Waals surface area contributed by atoms with Crippen LogP contribution in [0.15, 0.2) is 41.4 Å². The smallest absolute Gasteiger partial charge is 0.244 e. The van der Waals surface area contributed by atoms with E-state index in [0.717, 1.165) is 15.8 Å². The molecule has 4 heteroatoms. The van der Waals surface area contributed by atoms with Crippen LogP contribution >= 0.6 is 15.9 Å². The van der Waals surface area contributed by atoms with Gasteiger partial charge in [-0.3, -0.25) is 4.79 Å². The average Bonchev–Trinajstić information content (AvgIpc) is 2.34. The van der Waals surface area contributed by atoms with E-state index in [-0.39, 0.29) is 5.91 Å². The molecule has 1 aromatic rings. The summed E-state index contributed by atoms with van der Waals surface area (Å²) in [5.74, 6) is 0.568. The van der Waals surface area contributed by atoms with Crippen LogP contribution in [0.5, 0.6) is 5.75 Å². The van der Waals surface area contributed by atoms with Crippen molar-refractivity contribution in [2.45, 2.75) is 0 Å². The maximum Gasteiger partial charge on any atom is 0.244 e. The Hall–Kier alpha value is -1.55. The van der Waals surface area contributed by atoms with Gasteiger partial charge in [-0.15, -0.1) is 0 Å². The molecule has 0 saturated heterocycles. The third-order valence-corrected chi connectivity index (χ3v) is 2.29. The molecule has 3 nitrogen and oxygen atoms in total. The van der Waals surface area contributed by atoms with E-state index in [1.165, 1.54) is 6.08 Å². The van der Waals surface area contributed by atoms with Gasteiger partial charge >= 0.3 is 0 Å². The zero-order valence-corrected chi connectivity index (χ0v) is 11.2. The summed E-state index contributed by atoms with van der Waals surface area (Å²) in [5, 5.41) is 2.68. The van der Waals surface area contributed by atoms with E-state index < -0.39 is 0 Å². The number of ether oxygens (including phenoxy) is 1. The first-order chi connectivity index (χ1) is 8.13. The molecule has 1 N–H and O–H groups in total. The van der Waals surface area contributed by atoms with Crippen LogP contribution in [-0.2, 0) is 4.79 Å². The Morgan fingerprint density at radius 2 is 2.24 bits per heavy atom. The van der Waals surface area contributed by atoms with Crippen LogP contribution in [-0.4, -0.2) is 19.6 Å². The molecule has 0 aliphatic rings. The van der Waals surface area contributed by atoms with E-state index in [4.69, 9.17) is 4.74 Å². The predicted molar refractivity (Wildman–Crippen MR) is 73.1 cm³/mol. The second kappa shape index (κ2) is 6.91. The van der Waals surface area contributed by atoms with Crippen molar-refractivity contribution in [2.24, 2.45) is 0 Å². The SMILES string of the molecule is C=C(Br)CNC(=O)/C=C/c1ccccc1OC. The Labute approximate surface area is 109 Å². The first-order valence-corrected chi connectivity index (χ1v) is 5.85. The second-order valence-electron chi connectivity index (χ2n) is 3.31. The van der Waals surface area contributed by atoms with Crippen LogP contribution in [0.4, 0.5) is 0 Å². The van der Waals surface area contributed by atoms with Gasteiger partial charge in [-0.2, -0.15) is 0 Å². The highest BCUT2D eigenvalue weighted by Gasteiger charge is 1.99. The standard InChI is InChI=1S/C13H14BrNO2/c1-10(14)9-15-13(16)8-7-11-5-3-4-6-12(11)17-2/h3-8H,1,9H2,2H3,(H,15,16)/b8-7+. The summed E-state index contributed by atoms with van der Waals surface area (Å²) in [4.78, 5) is 11.4. The summed E-state index contributed by atoms with van der Waals surface area (Å²) in [6, 6.07) is 7.50. The molecule has 0 bridgehead atoms. The van der Waals surface area contributed by atoms with Gasteiger partial charge in [0.2, 0.25) is 5.91 Å². The maximum absolute atomic E-state index is 11.4. The monoisotopic (exact) mass is 295 g/mol. The maximum atomic E-state index is 11.4. The quantitative estimate of drug-likeness (QED) is 0.848. The Morgan fingerprint density at radius 1 is 1.53 bits per heavy atom. The Morgan fingerprint density at radius 3 is 2.88 bits per heavy atom. The zero-order valence-electron chi connectivity index (χ0n) is 9.57. The number of carbonyl (C=O) groups excluding carboxylic acids is 1. The van der Waals surface area contributed by atoms with E-state index in [0.29, 0.717) is 6.54 Å². The summed E-state index contributed by atoms with van der Waals surface area (Å²) < 4.78 is 5.90. The van der Waals surface area contributed by atoms with Crippen molar-refractivity contribution in [1.82, 2.24) is 5.32 Å². The molecule has 1 rings (SSSR count). The minimum atomic E-state index is -0.170. The van der Waals surface area contributed by atoms with E-state index >= 15 is 0 Å². The largest absolute Gasteiger partial charge is 0.496 e. The van der Waals surface area contributed by atoms with Gasteiger partial charge in [0.15, 0.2) is 0 Å². The van der Waals surface area contributed by atoms with Gasteiger partial charge in [0.1, 0.15) is 5.75 Å². The predicted octanol–water partition coefficient (Wildman–Crippen LogP) is 2.73. The fourth-order valence-electron chi connectivity index (χ4n) is 1.21. The third kappa shape index (κ3) is 4.87. The lowest BCUT2D eigenvalue weighted by molar-refractivity contribution is -0.116. The van der Waals surface area contributed by atoms with Crippen molar-refractivity contribution in [3.05, 3.63) is 47.0 Å². The topological polar surface area (TPSA) is 38.3 Å². The van der Waals surface area contributed by atoms with Crippen molar-refractivity contribution in [2.75, 3.05) is 13.7 Å². The van der Waals surface area contributed by atoms with Gasteiger partial charge in [0, 0.05) is 22.7 Å². The molecule has 0 atom stereocenters. The number of hydrogen-bond acceptors (Lipinski definition) is 2. The third-order valence-electron chi connectivity index (χ3n) is 2.01. The molecule has 0 saturated carbocycles. The van der Waals surface area contributed by atoms with E-state index in [9.17, 15) is 4.79 Å². The lowest BCUT2D eigenvalue weighted by Gasteiger charge is -2.03. The molecule has 0 fully saturated rings. The van der Waals surface area contributed by atoms with Crippen molar-refractivity contribution < 1.29 is 9.53 Å². The minimum Gasteiger partial charge on any atom is -0.496 e. The molecule has 0 heterocycles.